The van der Waals surface area contributed by atoms with Crippen LogP contribution in [-0.2, 0) is 17.6 Å². The molecule has 4 nitrogen and oxygen atoms in total. The number of hydrogen-bond donors (Lipinski definition) is 1. The molecule has 0 fully saturated rings. The molecule has 0 saturated heterocycles. The van der Waals surface area contributed by atoms with Crippen molar-refractivity contribution in [2.24, 2.45) is 0 Å². The summed E-state index contributed by atoms with van der Waals surface area (Å²) in [6.07, 6.45) is 3.59. The van der Waals surface area contributed by atoms with E-state index >= 15 is 0 Å². The molecule has 1 atom stereocenters. The van der Waals surface area contributed by atoms with Crippen LogP contribution in [0.15, 0.2) is 35.1 Å². The van der Waals surface area contributed by atoms with Gasteiger partial charge in [0.15, 0.2) is 0 Å². The molecule has 0 spiro atoms. The third-order valence-electron chi connectivity index (χ3n) is 3.89. The van der Waals surface area contributed by atoms with Gasteiger partial charge < -0.3 is 9.72 Å². The van der Waals surface area contributed by atoms with Gasteiger partial charge in [-0.3, -0.25) is 4.79 Å². The molecule has 0 amide bonds. The maximum Gasteiger partial charge on any atom is 0.254 e. The zero-order valence-corrected chi connectivity index (χ0v) is 12.3. The summed E-state index contributed by atoms with van der Waals surface area (Å²) in [5.74, 6) is 0.619. The van der Waals surface area contributed by atoms with Gasteiger partial charge in [0.25, 0.3) is 5.56 Å². The molecule has 1 aromatic carbocycles. The van der Waals surface area contributed by atoms with Crippen molar-refractivity contribution in [1.82, 2.24) is 9.97 Å². The van der Waals surface area contributed by atoms with Gasteiger partial charge in [0.05, 0.1) is 5.69 Å². The third-order valence-corrected chi connectivity index (χ3v) is 3.89. The summed E-state index contributed by atoms with van der Waals surface area (Å²) in [5, 5.41) is 0. The highest BCUT2D eigenvalue weighted by Crippen LogP contribution is 2.24. The molecule has 2 aromatic rings. The normalized spacial score (nSPS) is 15.5. The van der Waals surface area contributed by atoms with E-state index in [1.165, 1.54) is 0 Å². The molecule has 0 aliphatic heterocycles. The Morgan fingerprint density at radius 1 is 1.24 bits per heavy atom. The molecule has 0 radical (unpaired) electrons. The van der Waals surface area contributed by atoms with E-state index in [1.54, 1.807) is 0 Å². The lowest BCUT2D eigenvalue weighted by atomic mass is 9.97. The van der Waals surface area contributed by atoms with E-state index in [-0.39, 0.29) is 11.7 Å². The van der Waals surface area contributed by atoms with E-state index in [9.17, 15) is 4.79 Å². The second-order valence-electron chi connectivity index (χ2n) is 5.33. The predicted molar refractivity (Wildman–Crippen MR) is 81.4 cm³/mol. The first kappa shape index (κ1) is 14.0. The fourth-order valence-corrected chi connectivity index (χ4v) is 2.87. The van der Waals surface area contributed by atoms with Crippen LogP contribution in [0.5, 0.6) is 0 Å². The highest BCUT2D eigenvalue weighted by molar-refractivity contribution is 5.26. The van der Waals surface area contributed by atoms with Gasteiger partial charge in [-0.2, -0.15) is 0 Å². The summed E-state index contributed by atoms with van der Waals surface area (Å²) >= 11 is 0. The first-order valence-corrected chi connectivity index (χ1v) is 7.58. The van der Waals surface area contributed by atoms with Crippen molar-refractivity contribution in [2.45, 2.75) is 38.7 Å². The Labute approximate surface area is 124 Å². The Kier molecular flexibility index (Phi) is 4.15. The number of nitrogens with one attached hydrogen (secondary N) is 1. The minimum Gasteiger partial charge on any atom is -0.366 e. The summed E-state index contributed by atoms with van der Waals surface area (Å²) in [4.78, 5) is 19.9. The zero-order valence-electron chi connectivity index (χ0n) is 12.3. The van der Waals surface area contributed by atoms with E-state index in [0.29, 0.717) is 12.4 Å². The van der Waals surface area contributed by atoms with Crippen LogP contribution in [0.4, 0.5) is 0 Å². The molecule has 4 heteroatoms. The molecule has 1 unspecified atom stereocenters. The molecule has 21 heavy (non-hydrogen) atoms. The van der Waals surface area contributed by atoms with Gasteiger partial charge in [0, 0.05) is 12.2 Å². The lowest BCUT2D eigenvalue weighted by molar-refractivity contribution is 0.0846. The van der Waals surface area contributed by atoms with Gasteiger partial charge in [-0.1, -0.05) is 30.3 Å². The van der Waals surface area contributed by atoms with Crippen molar-refractivity contribution in [3.05, 3.63) is 63.3 Å². The average molecular weight is 284 g/mol. The van der Waals surface area contributed by atoms with Gasteiger partial charge in [-0.15, -0.1) is 0 Å². The van der Waals surface area contributed by atoms with Crippen molar-refractivity contribution >= 4 is 0 Å². The van der Waals surface area contributed by atoms with Gasteiger partial charge >= 0.3 is 0 Å². The molecule has 0 saturated carbocycles. The fourth-order valence-electron chi connectivity index (χ4n) is 2.87. The molecule has 110 valence electrons. The maximum atomic E-state index is 12.3. The molecular formula is C17H20N2O2. The van der Waals surface area contributed by atoms with Crippen molar-refractivity contribution < 1.29 is 4.74 Å². The van der Waals surface area contributed by atoms with Crippen molar-refractivity contribution in [3.8, 4) is 0 Å². The third kappa shape index (κ3) is 2.90. The second-order valence-corrected chi connectivity index (χ2v) is 5.33. The number of rotatable bonds is 4. The first-order valence-electron chi connectivity index (χ1n) is 7.58. The van der Waals surface area contributed by atoms with E-state index in [1.807, 2.05) is 37.3 Å². The van der Waals surface area contributed by atoms with Gasteiger partial charge in [-0.25, -0.2) is 4.98 Å². The van der Waals surface area contributed by atoms with E-state index in [2.05, 4.69) is 9.97 Å². The SMILES string of the molecule is CCOC(c1ccccc1)c1nc2c(c(=O)[nH]1)CCCC2. The molecule has 1 heterocycles. The Balaban J connectivity index is 2.04. The highest BCUT2D eigenvalue weighted by atomic mass is 16.5. The van der Waals surface area contributed by atoms with Crippen LogP contribution in [-0.4, -0.2) is 16.6 Å². The lowest BCUT2D eigenvalue weighted by Crippen LogP contribution is -2.25. The Morgan fingerprint density at radius 2 is 2.00 bits per heavy atom. The maximum absolute atomic E-state index is 12.3. The van der Waals surface area contributed by atoms with Gasteiger partial charge in [0.2, 0.25) is 0 Å². The van der Waals surface area contributed by atoms with Crippen molar-refractivity contribution in [2.75, 3.05) is 6.61 Å². The van der Waals surface area contributed by atoms with Gasteiger partial charge in [0.1, 0.15) is 11.9 Å². The predicted octanol–water partition coefficient (Wildman–Crippen LogP) is 2.77. The van der Waals surface area contributed by atoms with Crippen LogP contribution in [0.1, 0.15) is 48.5 Å². The first-order chi connectivity index (χ1) is 10.3. The number of aromatic nitrogens is 2. The van der Waals surface area contributed by atoms with Crippen LogP contribution in [0, 0.1) is 0 Å². The number of fused-ring (bicyclic) bond motifs is 1. The largest absolute Gasteiger partial charge is 0.366 e. The number of aromatic amines is 1. The Hall–Kier alpha value is -1.94. The molecule has 0 bridgehead atoms. The number of nitrogens with zero attached hydrogens (tertiary/aromatic N) is 1. The highest BCUT2D eigenvalue weighted by Gasteiger charge is 2.21. The summed E-state index contributed by atoms with van der Waals surface area (Å²) in [6, 6.07) is 9.91. The molecule has 1 N–H and O–H groups in total. The topological polar surface area (TPSA) is 55.0 Å². The quantitative estimate of drug-likeness (QED) is 0.939. The van der Waals surface area contributed by atoms with Crippen LogP contribution < -0.4 is 5.56 Å². The number of benzene rings is 1. The van der Waals surface area contributed by atoms with Crippen LogP contribution in [0.2, 0.25) is 0 Å². The average Bonchev–Trinajstić information content (AvgIpc) is 2.53. The Morgan fingerprint density at radius 3 is 2.76 bits per heavy atom. The summed E-state index contributed by atoms with van der Waals surface area (Å²) in [7, 11) is 0. The minimum absolute atomic E-state index is 0.00432. The fraction of sp³-hybridized carbons (Fsp3) is 0.412. The van der Waals surface area contributed by atoms with Crippen molar-refractivity contribution in [3.63, 3.8) is 0 Å². The summed E-state index contributed by atoms with van der Waals surface area (Å²) < 4.78 is 5.83. The zero-order chi connectivity index (χ0) is 14.7. The van der Waals surface area contributed by atoms with Gasteiger partial charge in [-0.05, 0) is 38.2 Å². The summed E-state index contributed by atoms with van der Waals surface area (Å²) in [6.45, 7) is 2.52. The molecule has 1 aliphatic rings. The van der Waals surface area contributed by atoms with E-state index in [0.717, 1.165) is 42.5 Å². The number of H-pyrrole nitrogens is 1. The number of aryl methyl sites for hydroxylation is 1. The smallest absolute Gasteiger partial charge is 0.254 e. The Bertz CT molecular complexity index is 664. The second kappa shape index (κ2) is 6.22. The van der Waals surface area contributed by atoms with Crippen LogP contribution in [0.3, 0.4) is 0 Å². The molecule has 1 aromatic heterocycles. The summed E-state index contributed by atoms with van der Waals surface area (Å²) in [5.41, 5.74) is 2.81. The minimum atomic E-state index is -0.309. The standard InChI is InChI=1S/C17H20N2O2/c1-2-21-15(12-8-4-3-5-9-12)16-18-14-11-7-6-10-13(14)17(20)19-16/h3-5,8-9,15H,2,6-7,10-11H2,1H3,(H,18,19,20). The lowest BCUT2D eigenvalue weighted by Gasteiger charge is -2.20. The van der Waals surface area contributed by atoms with Crippen molar-refractivity contribution in [1.29, 1.82) is 0 Å². The van der Waals surface area contributed by atoms with E-state index in [4.69, 9.17) is 4.74 Å². The molecular weight excluding hydrogens is 264 g/mol. The number of hydrogen-bond acceptors (Lipinski definition) is 3. The molecule has 1 aliphatic carbocycles. The molecule has 3 rings (SSSR count). The monoisotopic (exact) mass is 284 g/mol. The van der Waals surface area contributed by atoms with Crippen LogP contribution in [0.25, 0.3) is 0 Å². The van der Waals surface area contributed by atoms with Crippen LogP contribution >= 0.6 is 0 Å². The van der Waals surface area contributed by atoms with E-state index < -0.39 is 0 Å². The number of ether oxygens (including phenoxy) is 1.